The Morgan fingerprint density at radius 2 is 2.43 bits per heavy atom. The minimum atomic E-state index is 0.808. The van der Waals surface area contributed by atoms with E-state index < -0.39 is 0 Å². The number of allylic oxidation sites excluding steroid dienone is 2. The van der Waals surface area contributed by atoms with Crippen LogP contribution in [0.5, 0.6) is 0 Å². The molecule has 0 aromatic carbocycles. The van der Waals surface area contributed by atoms with Gasteiger partial charge in [0.25, 0.3) is 0 Å². The first kappa shape index (κ1) is 6.23. The average Bonchev–Trinajstić information content (AvgIpc) is 1.68. The van der Waals surface area contributed by atoms with E-state index in [2.05, 4.69) is 0 Å². The zero-order chi connectivity index (χ0) is 5.70. The smallest absolute Gasteiger partial charge is 0.0940 e. The fourth-order valence-corrected chi connectivity index (χ4v) is 0.352. The van der Waals surface area contributed by atoms with Gasteiger partial charge in [-0.25, -0.2) is 0 Å². The van der Waals surface area contributed by atoms with E-state index in [1.54, 1.807) is 0 Å². The van der Waals surface area contributed by atoms with Crippen LogP contribution in [0.15, 0.2) is 11.6 Å². The van der Waals surface area contributed by atoms with Crippen molar-refractivity contribution in [2.45, 2.75) is 20.3 Å². The molecular formula is C6H9N. The van der Waals surface area contributed by atoms with Gasteiger partial charge in [-0.3, -0.25) is 0 Å². The maximum absolute atomic E-state index is 8.15. The zero-order valence-corrected chi connectivity index (χ0v) is 4.73. The van der Waals surface area contributed by atoms with Crippen molar-refractivity contribution in [3.63, 3.8) is 0 Å². The summed E-state index contributed by atoms with van der Waals surface area (Å²) >= 11 is 0. The summed E-state index contributed by atoms with van der Waals surface area (Å²) in [7, 11) is 0. The molecule has 38 valence electrons. The lowest BCUT2D eigenvalue weighted by molar-refractivity contribution is 1.20. The molecule has 0 aliphatic heterocycles. The molecule has 1 heteroatoms. The summed E-state index contributed by atoms with van der Waals surface area (Å²) in [6.07, 6.45) is 2.86. The van der Waals surface area contributed by atoms with Gasteiger partial charge in [-0.1, -0.05) is 13.0 Å². The van der Waals surface area contributed by atoms with Crippen LogP contribution in [0.25, 0.3) is 0 Å². The summed E-state index contributed by atoms with van der Waals surface area (Å²) in [5.74, 6) is 0. The molecule has 0 amide bonds. The van der Waals surface area contributed by atoms with Gasteiger partial charge in [0.05, 0.1) is 6.07 Å². The molecule has 0 N–H and O–H groups in total. The Morgan fingerprint density at radius 3 is 2.57 bits per heavy atom. The van der Waals surface area contributed by atoms with Crippen molar-refractivity contribution in [3.05, 3.63) is 11.6 Å². The van der Waals surface area contributed by atoms with Crippen molar-refractivity contribution in [2.24, 2.45) is 0 Å². The number of hydrogen-bond donors (Lipinski definition) is 0. The molecule has 0 aliphatic carbocycles. The third-order valence-corrected chi connectivity index (χ3v) is 0.687. The molecule has 0 rings (SSSR count). The molecule has 0 aromatic heterocycles. The number of rotatable bonds is 1. The minimum Gasteiger partial charge on any atom is -0.193 e. The Hall–Kier alpha value is -0.770. The zero-order valence-electron chi connectivity index (χ0n) is 4.73. The van der Waals surface area contributed by atoms with Crippen LogP contribution in [0, 0.1) is 11.3 Å². The molecular weight excluding hydrogens is 86.1 g/mol. The number of nitrogens with zero attached hydrogens (tertiary/aromatic N) is 1. The molecule has 0 heterocycles. The van der Waals surface area contributed by atoms with Crippen LogP contribution in [-0.4, -0.2) is 0 Å². The molecule has 0 saturated heterocycles. The van der Waals surface area contributed by atoms with Gasteiger partial charge in [0, 0.05) is 5.57 Å². The molecule has 1 nitrogen and oxygen atoms in total. The Labute approximate surface area is 44.3 Å². The van der Waals surface area contributed by atoms with Crippen molar-refractivity contribution in [1.82, 2.24) is 0 Å². The summed E-state index contributed by atoms with van der Waals surface area (Å²) in [5.41, 5.74) is 0.808. The van der Waals surface area contributed by atoms with Gasteiger partial charge < -0.3 is 0 Å². The quantitative estimate of drug-likeness (QED) is 0.456. The summed E-state index contributed by atoms with van der Waals surface area (Å²) in [6.45, 7) is 3.82. The Kier molecular flexibility index (Phi) is 3.04. The molecule has 7 heavy (non-hydrogen) atoms. The molecule has 0 aromatic rings. The predicted octanol–water partition coefficient (Wildman–Crippen LogP) is 1.87. The Morgan fingerprint density at radius 1 is 1.86 bits per heavy atom. The largest absolute Gasteiger partial charge is 0.193 e. The topological polar surface area (TPSA) is 23.8 Å². The van der Waals surface area contributed by atoms with Crippen molar-refractivity contribution >= 4 is 0 Å². The second kappa shape index (κ2) is 3.42. The van der Waals surface area contributed by atoms with Gasteiger partial charge in [-0.15, -0.1) is 0 Å². The average molecular weight is 95.1 g/mol. The van der Waals surface area contributed by atoms with Crippen LogP contribution >= 0.6 is 0 Å². The van der Waals surface area contributed by atoms with E-state index in [9.17, 15) is 0 Å². The van der Waals surface area contributed by atoms with E-state index in [1.807, 2.05) is 26.0 Å². The fourth-order valence-electron chi connectivity index (χ4n) is 0.352. The Balaban J connectivity index is 3.57. The van der Waals surface area contributed by atoms with Crippen LogP contribution in [-0.2, 0) is 0 Å². The highest BCUT2D eigenvalue weighted by Gasteiger charge is 1.75. The van der Waals surface area contributed by atoms with E-state index >= 15 is 0 Å². The van der Waals surface area contributed by atoms with Crippen LogP contribution in [0.4, 0.5) is 0 Å². The van der Waals surface area contributed by atoms with Gasteiger partial charge in [0.1, 0.15) is 0 Å². The third kappa shape index (κ3) is 3.05. The monoisotopic (exact) mass is 95.1 g/mol. The Bertz CT molecular complexity index is 106. The van der Waals surface area contributed by atoms with E-state index in [4.69, 9.17) is 5.26 Å². The highest BCUT2D eigenvalue weighted by Crippen LogP contribution is 1.89. The second-order valence-electron chi connectivity index (χ2n) is 1.41. The van der Waals surface area contributed by atoms with Gasteiger partial charge in [-0.2, -0.15) is 5.26 Å². The summed E-state index contributed by atoms with van der Waals surface area (Å²) in [4.78, 5) is 0. The molecule has 0 atom stereocenters. The lowest BCUT2D eigenvalue weighted by atomic mass is 10.3. The molecule has 0 fully saturated rings. The highest BCUT2D eigenvalue weighted by molar-refractivity contribution is 5.16. The SMILES string of the molecule is CC/C=C(\C)C#N. The maximum Gasteiger partial charge on any atom is 0.0940 e. The van der Waals surface area contributed by atoms with Gasteiger partial charge in [0.2, 0.25) is 0 Å². The molecule has 0 unspecified atom stereocenters. The van der Waals surface area contributed by atoms with Crippen LogP contribution in [0.1, 0.15) is 20.3 Å². The lowest BCUT2D eigenvalue weighted by Gasteiger charge is -1.77. The van der Waals surface area contributed by atoms with Crippen LogP contribution in [0.3, 0.4) is 0 Å². The van der Waals surface area contributed by atoms with E-state index in [0.29, 0.717) is 0 Å². The first-order valence-corrected chi connectivity index (χ1v) is 2.38. The molecule has 0 bridgehead atoms. The third-order valence-electron chi connectivity index (χ3n) is 0.687. The van der Waals surface area contributed by atoms with Crippen molar-refractivity contribution in [3.8, 4) is 6.07 Å². The summed E-state index contributed by atoms with van der Waals surface area (Å²) in [6, 6.07) is 2.03. The van der Waals surface area contributed by atoms with Crippen LogP contribution < -0.4 is 0 Å². The van der Waals surface area contributed by atoms with E-state index in [0.717, 1.165) is 12.0 Å². The van der Waals surface area contributed by atoms with Gasteiger partial charge in [0.15, 0.2) is 0 Å². The fraction of sp³-hybridized carbons (Fsp3) is 0.500. The second-order valence-corrected chi connectivity index (χ2v) is 1.41. The van der Waals surface area contributed by atoms with E-state index in [1.165, 1.54) is 0 Å². The molecule has 0 spiro atoms. The predicted molar refractivity (Wildman–Crippen MR) is 29.7 cm³/mol. The minimum absolute atomic E-state index is 0.808. The standard InChI is InChI=1S/C6H9N/c1-3-4-6(2)5-7/h4H,3H2,1-2H3/b6-4+. The lowest BCUT2D eigenvalue weighted by Crippen LogP contribution is -1.63. The molecule has 0 saturated carbocycles. The van der Waals surface area contributed by atoms with Gasteiger partial charge in [-0.05, 0) is 13.3 Å². The molecule has 0 radical (unpaired) electrons. The number of nitriles is 1. The maximum atomic E-state index is 8.15. The van der Waals surface area contributed by atoms with Crippen molar-refractivity contribution in [2.75, 3.05) is 0 Å². The van der Waals surface area contributed by atoms with Crippen molar-refractivity contribution < 1.29 is 0 Å². The van der Waals surface area contributed by atoms with Crippen molar-refractivity contribution in [1.29, 1.82) is 5.26 Å². The first-order valence-electron chi connectivity index (χ1n) is 2.38. The highest BCUT2D eigenvalue weighted by atomic mass is 14.2. The normalized spacial score (nSPS) is 10.7. The van der Waals surface area contributed by atoms with Gasteiger partial charge >= 0.3 is 0 Å². The number of hydrogen-bond acceptors (Lipinski definition) is 1. The van der Waals surface area contributed by atoms with E-state index in [-0.39, 0.29) is 0 Å². The van der Waals surface area contributed by atoms with Crippen LogP contribution in [0.2, 0.25) is 0 Å². The molecule has 0 aliphatic rings. The summed E-state index contributed by atoms with van der Waals surface area (Å²) < 4.78 is 0. The first-order chi connectivity index (χ1) is 3.31. The summed E-state index contributed by atoms with van der Waals surface area (Å²) in [5, 5.41) is 8.15.